The van der Waals surface area contributed by atoms with E-state index >= 15 is 0 Å². The first-order valence-corrected chi connectivity index (χ1v) is 4.69. The van der Waals surface area contributed by atoms with Crippen molar-refractivity contribution < 1.29 is 0 Å². The number of benzene rings is 1. The van der Waals surface area contributed by atoms with Crippen molar-refractivity contribution in [1.29, 1.82) is 0 Å². The van der Waals surface area contributed by atoms with Gasteiger partial charge in [0.25, 0.3) is 0 Å². The highest BCUT2D eigenvalue weighted by Crippen LogP contribution is 2.13. The van der Waals surface area contributed by atoms with Crippen LogP contribution in [0.5, 0.6) is 0 Å². The van der Waals surface area contributed by atoms with Gasteiger partial charge in [-0.3, -0.25) is 0 Å². The monoisotopic (exact) mass is 181 g/mol. The van der Waals surface area contributed by atoms with Gasteiger partial charge in [-0.15, -0.1) is 0 Å². The van der Waals surface area contributed by atoms with Gasteiger partial charge in [0.15, 0.2) is 0 Å². The molecule has 0 aliphatic carbocycles. The Balaban J connectivity index is 2.57. The Hall–Kier alpha value is -0.630. The fourth-order valence-corrected chi connectivity index (χ4v) is 1.12. The van der Waals surface area contributed by atoms with Crippen molar-refractivity contribution in [2.75, 3.05) is 11.9 Å². The van der Waals surface area contributed by atoms with Gasteiger partial charge in [0.2, 0.25) is 0 Å². The normalized spacial score (nSPS) is 12.6. The van der Waals surface area contributed by atoms with Gasteiger partial charge < -0.3 is 5.32 Å². The van der Waals surface area contributed by atoms with E-state index in [2.05, 4.69) is 43.9 Å². The number of para-hydroxylation sites is 1. The second-order valence-electron chi connectivity index (χ2n) is 3.04. The summed E-state index contributed by atoms with van der Waals surface area (Å²) in [6.45, 7) is 5.09. The molecule has 1 unspecified atom stereocenters. The molecule has 0 spiro atoms. The molecule has 66 valence electrons. The van der Waals surface area contributed by atoms with Crippen molar-refractivity contribution in [2.24, 2.45) is 0 Å². The predicted octanol–water partition coefficient (Wildman–Crippen LogP) is 2.73. The molecule has 0 heterocycles. The highest BCUT2D eigenvalue weighted by atomic mass is 32.1. The van der Waals surface area contributed by atoms with Gasteiger partial charge in [0.1, 0.15) is 0 Å². The van der Waals surface area contributed by atoms with E-state index in [9.17, 15) is 0 Å². The number of thiol groups is 1. The number of nitrogens with one attached hydrogen (secondary N) is 1. The molecule has 2 heteroatoms. The van der Waals surface area contributed by atoms with Crippen molar-refractivity contribution in [3.63, 3.8) is 0 Å². The van der Waals surface area contributed by atoms with Crippen molar-refractivity contribution in [3.05, 3.63) is 29.8 Å². The second-order valence-corrected chi connectivity index (χ2v) is 3.93. The summed E-state index contributed by atoms with van der Waals surface area (Å²) in [6, 6.07) is 8.28. The minimum absolute atomic E-state index is 0.393. The number of rotatable bonds is 3. The highest BCUT2D eigenvalue weighted by molar-refractivity contribution is 7.80. The van der Waals surface area contributed by atoms with E-state index in [4.69, 9.17) is 0 Å². The van der Waals surface area contributed by atoms with E-state index in [-0.39, 0.29) is 0 Å². The van der Waals surface area contributed by atoms with E-state index in [1.165, 1.54) is 11.3 Å². The van der Waals surface area contributed by atoms with Crippen LogP contribution in [0.1, 0.15) is 12.5 Å². The van der Waals surface area contributed by atoms with Gasteiger partial charge in [0.05, 0.1) is 0 Å². The summed E-state index contributed by atoms with van der Waals surface area (Å²) in [5.74, 6) is 0. The minimum Gasteiger partial charge on any atom is -0.384 e. The molecule has 0 fully saturated rings. The fourth-order valence-electron chi connectivity index (χ4n) is 1.03. The average Bonchev–Trinajstić information content (AvgIpc) is 2.03. The van der Waals surface area contributed by atoms with Crippen LogP contribution in [0.3, 0.4) is 0 Å². The van der Waals surface area contributed by atoms with Crippen LogP contribution in [0.4, 0.5) is 5.69 Å². The molecule has 0 aliphatic rings. The quantitative estimate of drug-likeness (QED) is 0.683. The smallest absolute Gasteiger partial charge is 0.0370 e. The van der Waals surface area contributed by atoms with Gasteiger partial charge in [-0.05, 0) is 18.6 Å². The summed E-state index contributed by atoms with van der Waals surface area (Å²) in [5.41, 5.74) is 2.49. The Bertz CT molecular complexity index is 245. The van der Waals surface area contributed by atoms with Crippen LogP contribution in [0.2, 0.25) is 0 Å². The molecule has 1 N–H and O–H groups in total. The van der Waals surface area contributed by atoms with Gasteiger partial charge in [-0.25, -0.2) is 0 Å². The lowest BCUT2D eigenvalue weighted by atomic mass is 10.2. The van der Waals surface area contributed by atoms with Crippen molar-refractivity contribution >= 4 is 18.3 Å². The van der Waals surface area contributed by atoms with Gasteiger partial charge in [-0.1, -0.05) is 25.1 Å². The van der Waals surface area contributed by atoms with Crippen molar-refractivity contribution in [2.45, 2.75) is 19.1 Å². The Morgan fingerprint density at radius 2 is 2.08 bits per heavy atom. The summed E-state index contributed by atoms with van der Waals surface area (Å²) in [4.78, 5) is 0. The van der Waals surface area contributed by atoms with E-state index in [0.717, 1.165) is 6.54 Å². The van der Waals surface area contributed by atoms with E-state index in [1.807, 2.05) is 12.1 Å². The molecule has 0 radical (unpaired) electrons. The zero-order valence-corrected chi connectivity index (χ0v) is 8.44. The van der Waals surface area contributed by atoms with Gasteiger partial charge >= 0.3 is 0 Å². The SMILES string of the molecule is Cc1ccccc1NCC(C)S. The first-order chi connectivity index (χ1) is 5.70. The molecular weight excluding hydrogens is 166 g/mol. The highest BCUT2D eigenvalue weighted by Gasteiger charge is 1.96. The van der Waals surface area contributed by atoms with Crippen molar-refractivity contribution in [3.8, 4) is 0 Å². The van der Waals surface area contributed by atoms with Gasteiger partial charge in [-0.2, -0.15) is 12.6 Å². The van der Waals surface area contributed by atoms with Crippen LogP contribution in [0.15, 0.2) is 24.3 Å². The largest absolute Gasteiger partial charge is 0.384 e. The standard InChI is InChI=1S/C10H15NS/c1-8-5-3-4-6-10(8)11-7-9(2)12/h3-6,9,11-12H,7H2,1-2H3. The van der Waals surface area contributed by atoms with Crippen LogP contribution in [0, 0.1) is 6.92 Å². The first-order valence-electron chi connectivity index (χ1n) is 4.17. The Morgan fingerprint density at radius 3 is 2.67 bits per heavy atom. The maximum Gasteiger partial charge on any atom is 0.0370 e. The van der Waals surface area contributed by atoms with Crippen LogP contribution >= 0.6 is 12.6 Å². The molecule has 0 saturated carbocycles. The van der Waals surface area contributed by atoms with Gasteiger partial charge in [0, 0.05) is 17.5 Å². The maximum absolute atomic E-state index is 4.30. The van der Waals surface area contributed by atoms with Crippen LogP contribution in [-0.2, 0) is 0 Å². The molecule has 0 saturated heterocycles. The number of hydrogen-bond donors (Lipinski definition) is 2. The summed E-state index contributed by atoms with van der Waals surface area (Å²) in [6.07, 6.45) is 0. The number of anilines is 1. The molecule has 1 nitrogen and oxygen atoms in total. The lowest BCUT2D eigenvalue weighted by Gasteiger charge is -2.10. The molecule has 12 heavy (non-hydrogen) atoms. The molecule has 0 aliphatic heterocycles. The number of hydrogen-bond acceptors (Lipinski definition) is 2. The molecule has 1 atom stereocenters. The summed E-state index contributed by atoms with van der Waals surface area (Å²) < 4.78 is 0. The second kappa shape index (κ2) is 4.41. The molecule has 1 aromatic rings. The van der Waals surface area contributed by atoms with E-state index < -0.39 is 0 Å². The third-order valence-electron chi connectivity index (χ3n) is 1.73. The summed E-state index contributed by atoms with van der Waals surface area (Å²) in [5, 5.41) is 3.73. The Kier molecular flexibility index (Phi) is 3.48. The van der Waals surface area contributed by atoms with E-state index in [0.29, 0.717) is 5.25 Å². The lowest BCUT2D eigenvalue weighted by molar-refractivity contribution is 1.01. The zero-order valence-electron chi connectivity index (χ0n) is 7.54. The van der Waals surface area contributed by atoms with Crippen LogP contribution < -0.4 is 5.32 Å². The Morgan fingerprint density at radius 1 is 1.42 bits per heavy atom. The van der Waals surface area contributed by atoms with Crippen LogP contribution in [-0.4, -0.2) is 11.8 Å². The van der Waals surface area contributed by atoms with E-state index in [1.54, 1.807) is 0 Å². The third kappa shape index (κ3) is 2.78. The average molecular weight is 181 g/mol. The molecule has 0 aromatic heterocycles. The molecular formula is C10H15NS. The predicted molar refractivity (Wildman–Crippen MR) is 58.1 cm³/mol. The molecule has 0 amide bonds. The molecule has 1 rings (SSSR count). The fraction of sp³-hybridized carbons (Fsp3) is 0.400. The topological polar surface area (TPSA) is 12.0 Å². The summed E-state index contributed by atoms with van der Waals surface area (Å²) in [7, 11) is 0. The molecule has 1 aromatic carbocycles. The minimum atomic E-state index is 0.393. The van der Waals surface area contributed by atoms with Crippen molar-refractivity contribution in [1.82, 2.24) is 0 Å². The maximum atomic E-state index is 4.30. The zero-order chi connectivity index (χ0) is 8.97. The Labute approximate surface area is 79.6 Å². The summed E-state index contributed by atoms with van der Waals surface area (Å²) >= 11 is 4.30. The molecule has 0 bridgehead atoms. The first kappa shape index (κ1) is 9.46. The third-order valence-corrected chi connectivity index (χ3v) is 1.92. The lowest BCUT2D eigenvalue weighted by Crippen LogP contribution is -2.11. The van der Waals surface area contributed by atoms with Crippen LogP contribution in [0.25, 0.3) is 0 Å². The number of aryl methyl sites for hydroxylation is 1.